The van der Waals surface area contributed by atoms with E-state index in [1.807, 2.05) is 35.2 Å². The van der Waals surface area contributed by atoms with Crippen molar-refractivity contribution in [3.8, 4) is 5.75 Å². The summed E-state index contributed by atoms with van der Waals surface area (Å²) < 4.78 is 10.6. The highest BCUT2D eigenvalue weighted by molar-refractivity contribution is 5.97. The van der Waals surface area contributed by atoms with Crippen LogP contribution in [0.25, 0.3) is 0 Å². The van der Waals surface area contributed by atoms with Gasteiger partial charge in [-0.25, -0.2) is 0 Å². The monoisotopic (exact) mass is 271 g/mol. The molecule has 0 radical (unpaired) electrons. The molecule has 0 N–H and O–H groups in total. The molecule has 4 heteroatoms. The number of furan rings is 1. The second-order valence-corrected chi connectivity index (χ2v) is 4.94. The zero-order valence-electron chi connectivity index (χ0n) is 11.4. The van der Waals surface area contributed by atoms with Gasteiger partial charge in [-0.2, -0.15) is 0 Å². The third kappa shape index (κ3) is 2.54. The largest absolute Gasteiger partial charge is 0.496 e. The summed E-state index contributed by atoms with van der Waals surface area (Å²) in [6.07, 6.45) is 3.75. The van der Waals surface area contributed by atoms with Crippen molar-refractivity contribution in [1.82, 2.24) is 4.90 Å². The molecule has 0 unspecified atom stereocenters. The van der Waals surface area contributed by atoms with Crippen LogP contribution in [-0.2, 0) is 6.54 Å². The Balaban J connectivity index is 1.85. The molecule has 2 aromatic rings. The van der Waals surface area contributed by atoms with Crippen LogP contribution in [0.2, 0.25) is 0 Å². The molecular weight excluding hydrogens is 254 g/mol. The van der Waals surface area contributed by atoms with Gasteiger partial charge in [0.15, 0.2) is 0 Å². The second kappa shape index (κ2) is 5.41. The summed E-state index contributed by atoms with van der Waals surface area (Å²) in [5.41, 5.74) is 0.605. The first-order chi connectivity index (χ1) is 9.79. The number of methoxy groups -OCH3 is 1. The molecule has 1 amide bonds. The molecule has 1 aromatic carbocycles. The Morgan fingerprint density at radius 3 is 2.75 bits per heavy atom. The van der Waals surface area contributed by atoms with Crippen molar-refractivity contribution < 1.29 is 13.9 Å². The minimum atomic E-state index is 0.00125. The van der Waals surface area contributed by atoms with Crippen LogP contribution in [0.4, 0.5) is 0 Å². The number of para-hydroxylation sites is 1. The predicted molar refractivity (Wildman–Crippen MR) is 74.6 cm³/mol. The van der Waals surface area contributed by atoms with Crippen LogP contribution in [0.15, 0.2) is 47.1 Å². The molecule has 1 aliphatic rings. The molecule has 1 heterocycles. The van der Waals surface area contributed by atoms with Crippen LogP contribution in [0.1, 0.15) is 29.0 Å². The lowest BCUT2D eigenvalue weighted by Gasteiger charge is -2.22. The molecule has 0 saturated heterocycles. The van der Waals surface area contributed by atoms with Gasteiger partial charge < -0.3 is 14.1 Å². The van der Waals surface area contributed by atoms with E-state index in [-0.39, 0.29) is 5.91 Å². The zero-order chi connectivity index (χ0) is 13.9. The first kappa shape index (κ1) is 12.8. The first-order valence-corrected chi connectivity index (χ1v) is 6.76. The van der Waals surface area contributed by atoms with Crippen molar-refractivity contribution in [2.24, 2.45) is 0 Å². The van der Waals surface area contributed by atoms with Crippen LogP contribution in [0, 0.1) is 0 Å². The number of amides is 1. The fraction of sp³-hybridized carbons (Fsp3) is 0.312. The third-order valence-corrected chi connectivity index (χ3v) is 3.49. The number of carbonyl (C=O) groups is 1. The number of hydrogen-bond donors (Lipinski definition) is 0. The highest BCUT2D eigenvalue weighted by atomic mass is 16.5. The molecule has 0 spiro atoms. The van der Waals surface area contributed by atoms with Gasteiger partial charge in [0.1, 0.15) is 11.5 Å². The summed E-state index contributed by atoms with van der Waals surface area (Å²) in [4.78, 5) is 14.6. The van der Waals surface area contributed by atoms with E-state index in [9.17, 15) is 4.79 Å². The smallest absolute Gasteiger partial charge is 0.258 e. The molecule has 0 atom stereocenters. The van der Waals surface area contributed by atoms with Gasteiger partial charge in [-0.3, -0.25) is 4.79 Å². The second-order valence-electron chi connectivity index (χ2n) is 4.94. The Kier molecular flexibility index (Phi) is 3.46. The molecule has 1 fully saturated rings. The number of rotatable bonds is 5. The molecule has 1 aliphatic carbocycles. The fourth-order valence-corrected chi connectivity index (χ4v) is 2.30. The summed E-state index contributed by atoms with van der Waals surface area (Å²) in [6.45, 7) is 0.508. The minimum absolute atomic E-state index is 0.00125. The topological polar surface area (TPSA) is 42.7 Å². The van der Waals surface area contributed by atoms with Crippen molar-refractivity contribution in [2.45, 2.75) is 25.4 Å². The molecular formula is C16H17NO3. The van der Waals surface area contributed by atoms with E-state index >= 15 is 0 Å². The van der Waals surface area contributed by atoms with Crippen LogP contribution < -0.4 is 4.74 Å². The lowest BCUT2D eigenvalue weighted by molar-refractivity contribution is 0.0714. The van der Waals surface area contributed by atoms with E-state index in [0.29, 0.717) is 23.9 Å². The van der Waals surface area contributed by atoms with E-state index in [2.05, 4.69) is 0 Å². The van der Waals surface area contributed by atoms with Crippen molar-refractivity contribution in [3.05, 3.63) is 54.0 Å². The highest BCUT2D eigenvalue weighted by Gasteiger charge is 2.34. The van der Waals surface area contributed by atoms with Crippen molar-refractivity contribution in [3.63, 3.8) is 0 Å². The van der Waals surface area contributed by atoms with Crippen LogP contribution >= 0.6 is 0 Å². The lowest BCUT2D eigenvalue weighted by atomic mass is 10.1. The molecule has 3 rings (SSSR count). The van der Waals surface area contributed by atoms with Crippen LogP contribution in [-0.4, -0.2) is 24.0 Å². The molecule has 1 aromatic heterocycles. The standard InChI is InChI=1S/C16H17NO3/c1-19-15-7-3-2-6-14(15)16(18)17(12-8-9-12)11-13-5-4-10-20-13/h2-7,10,12H,8-9,11H2,1H3. The SMILES string of the molecule is COc1ccccc1C(=O)N(Cc1ccco1)C1CC1. The number of ether oxygens (including phenoxy) is 1. The average Bonchev–Trinajstić information content (AvgIpc) is 3.20. The maximum absolute atomic E-state index is 12.7. The molecule has 0 bridgehead atoms. The molecule has 4 nitrogen and oxygen atoms in total. The van der Waals surface area contributed by atoms with E-state index < -0.39 is 0 Å². The Morgan fingerprint density at radius 1 is 1.30 bits per heavy atom. The van der Waals surface area contributed by atoms with E-state index in [0.717, 1.165) is 18.6 Å². The Bertz CT molecular complexity index is 588. The van der Waals surface area contributed by atoms with Gasteiger partial charge >= 0.3 is 0 Å². The van der Waals surface area contributed by atoms with Crippen molar-refractivity contribution in [2.75, 3.05) is 7.11 Å². The Morgan fingerprint density at radius 2 is 2.10 bits per heavy atom. The Hall–Kier alpha value is -2.23. The normalized spacial score (nSPS) is 14.1. The maximum Gasteiger partial charge on any atom is 0.258 e. The quantitative estimate of drug-likeness (QED) is 0.839. The van der Waals surface area contributed by atoms with Gasteiger partial charge in [0.2, 0.25) is 0 Å². The highest BCUT2D eigenvalue weighted by Crippen LogP contribution is 2.31. The minimum Gasteiger partial charge on any atom is -0.496 e. The predicted octanol–water partition coefficient (Wildman–Crippen LogP) is 3.09. The van der Waals surface area contributed by atoms with Crippen molar-refractivity contribution >= 4 is 5.91 Å². The summed E-state index contributed by atoms with van der Waals surface area (Å²) in [6, 6.07) is 11.4. The first-order valence-electron chi connectivity index (χ1n) is 6.76. The lowest BCUT2D eigenvalue weighted by Crippen LogP contribution is -2.32. The Labute approximate surface area is 118 Å². The third-order valence-electron chi connectivity index (χ3n) is 3.49. The van der Waals surface area contributed by atoms with Crippen LogP contribution in [0.5, 0.6) is 5.75 Å². The molecule has 0 aliphatic heterocycles. The average molecular weight is 271 g/mol. The fourth-order valence-electron chi connectivity index (χ4n) is 2.30. The van der Waals surface area contributed by atoms with Gasteiger partial charge in [-0.05, 0) is 37.1 Å². The maximum atomic E-state index is 12.7. The summed E-state index contributed by atoms with van der Waals surface area (Å²) in [7, 11) is 1.58. The molecule has 1 saturated carbocycles. The van der Waals surface area contributed by atoms with Gasteiger partial charge in [0.05, 0.1) is 25.5 Å². The van der Waals surface area contributed by atoms with Crippen LogP contribution in [0.3, 0.4) is 0 Å². The van der Waals surface area contributed by atoms with E-state index in [4.69, 9.17) is 9.15 Å². The summed E-state index contributed by atoms with van der Waals surface area (Å²) in [5.74, 6) is 1.42. The van der Waals surface area contributed by atoms with Gasteiger partial charge in [-0.1, -0.05) is 12.1 Å². The van der Waals surface area contributed by atoms with Gasteiger partial charge in [0, 0.05) is 6.04 Å². The number of nitrogens with zero attached hydrogens (tertiary/aromatic N) is 1. The summed E-state index contributed by atoms with van der Waals surface area (Å²) in [5, 5.41) is 0. The van der Waals surface area contributed by atoms with Gasteiger partial charge in [0.25, 0.3) is 5.91 Å². The molecule has 104 valence electrons. The number of carbonyl (C=O) groups excluding carboxylic acids is 1. The summed E-state index contributed by atoms with van der Waals surface area (Å²) >= 11 is 0. The number of benzene rings is 1. The zero-order valence-corrected chi connectivity index (χ0v) is 11.4. The number of hydrogen-bond acceptors (Lipinski definition) is 3. The van der Waals surface area contributed by atoms with E-state index in [1.165, 1.54) is 0 Å². The van der Waals surface area contributed by atoms with E-state index in [1.54, 1.807) is 19.4 Å². The van der Waals surface area contributed by atoms with Gasteiger partial charge in [-0.15, -0.1) is 0 Å². The van der Waals surface area contributed by atoms with Crippen molar-refractivity contribution in [1.29, 1.82) is 0 Å². The molecule has 20 heavy (non-hydrogen) atoms.